The number of rotatable bonds is 7. The van der Waals surface area contributed by atoms with E-state index in [2.05, 4.69) is 199 Å². The molecule has 0 amide bonds. The lowest BCUT2D eigenvalue weighted by Gasteiger charge is -2.23. The van der Waals surface area contributed by atoms with Crippen LogP contribution in [0.15, 0.2) is 309 Å². The van der Waals surface area contributed by atoms with Crippen LogP contribution >= 0.6 is 76.1 Å². The highest BCUT2D eigenvalue weighted by atomic mass is 79.9. The first-order chi connectivity index (χ1) is 48.6. The molecule has 17 rings (SSSR count). The van der Waals surface area contributed by atoms with E-state index in [-0.39, 0.29) is 29.4 Å². The summed E-state index contributed by atoms with van der Waals surface area (Å²) in [7, 11) is 0. The first-order valence-electron chi connectivity index (χ1n) is 32.5. The first-order valence-corrected chi connectivity index (χ1v) is 35.7. The molecular formula is C87H67Br4ClN6O3. The number of ketones is 2. The van der Waals surface area contributed by atoms with E-state index in [4.69, 9.17) is 31.1 Å². The highest BCUT2D eigenvalue weighted by Crippen LogP contribution is 2.51. The number of benzene rings is 11. The topological polar surface area (TPSA) is 153 Å². The molecular weight excluding hydrogens is 1530 g/mol. The van der Waals surface area contributed by atoms with Gasteiger partial charge in [-0.15, -0.1) is 12.4 Å². The fourth-order valence-electron chi connectivity index (χ4n) is 12.5. The Hall–Kier alpha value is -9.99. The maximum atomic E-state index is 12.2. The maximum Gasteiger partial charge on any atom is 0.189 e. The Bertz CT molecular complexity index is 5160. The van der Waals surface area contributed by atoms with Crippen molar-refractivity contribution in [3.8, 4) is 67.8 Å². The third-order valence-electron chi connectivity index (χ3n) is 17.5. The molecule has 0 spiro atoms. The molecule has 0 atom stereocenters. The van der Waals surface area contributed by atoms with Crippen LogP contribution in [0.1, 0.15) is 95.8 Å². The van der Waals surface area contributed by atoms with Gasteiger partial charge in [-0.1, -0.05) is 314 Å². The van der Waals surface area contributed by atoms with Crippen LogP contribution < -0.4 is 5.73 Å². The van der Waals surface area contributed by atoms with Crippen LogP contribution in [0.4, 0.5) is 0 Å². The summed E-state index contributed by atoms with van der Waals surface area (Å²) in [6.07, 6.45) is 6.08. The summed E-state index contributed by atoms with van der Waals surface area (Å²) in [4.78, 5) is 53.4. The van der Waals surface area contributed by atoms with Gasteiger partial charge in [0.15, 0.2) is 23.2 Å². The maximum absolute atomic E-state index is 12.2. The number of halogens is 5. The molecule has 0 unspecified atom stereocenters. The number of nitrogens with one attached hydrogen (secondary N) is 1. The minimum Gasteiger partial charge on any atom is -0.384 e. The molecule has 0 aliphatic heterocycles. The van der Waals surface area contributed by atoms with E-state index in [0.29, 0.717) is 17.8 Å². The second-order valence-corrected chi connectivity index (χ2v) is 28.2. The van der Waals surface area contributed by atoms with Gasteiger partial charge in [0, 0.05) is 115 Å². The lowest BCUT2D eigenvalue weighted by atomic mass is 9.81. The third kappa shape index (κ3) is 17.3. The standard InChI is InChI=1S/C25H19BrN2.C23H15BrN2.C16H11BrO.C9H8O.C7H5BrO.C7H8N2.ClH/c1-25(2)20-11-7-6-10-19(20)23-21(25)22(16-12-14-18(26)15-13-16)27-24(28-23)17-8-4-3-5-9-17;24-18-12-10-15(11-13-18)21-20-14-17-8-4-5-9-19(17)22(20)26-23(25-21)16-6-2-1-3-7-16;17-14-7-5-11(6-8-14)9-13-10-12-3-1-2-4-15(12)16(13)18;10-9-6-5-7-3-1-2-4-8(7)9;8-7-3-1-6(5-9)2-4-7;8-7(9)6-4-2-1-3-5-6;/h3-15H,1-2H3;1-13H,14H2;1-9H,10H2;1-4H,5-6H2;1-5H;1-5H,(H3,8,9);1H/b;;13-9+;;;;. The zero-order chi connectivity index (χ0) is 69.7. The quantitative estimate of drug-likeness (QED) is 0.0692. The molecule has 4 aliphatic rings. The second-order valence-electron chi connectivity index (χ2n) is 24.5. The molecule has 2 heterocycles. The number of amidine groups is 1. The van der Waals surface area contributed by atoms with Crippen molar-refractivity contribution in [3.05, 3.63) is 370 Å². The highest BCUT2D eigenvalue weighted by molar-refractivity contribution is 9.11. The van der Waals surface area contributed by atoms with Gasteiger partial charge in [0.1, 0.15) is 12.1 Å². The van der Waals surface area contributed by atoms with Gasteiger partial charge >= 0.3 is 0 Å². The third-order valence-corrected chi connectivity index (χ3v) is 19.6. The average Bonchev–Trinajstić information content (AvgIpc) is 1.57. The van der Waals surface area contributed by atoms with Crippen molar-refractivity contribution in [2.75, 3.05) is 0 Å². The van der Waals surface area contributed by atoms with Crippen LogP contribution in [0.2, 0.25) is 0 Å². The van der Waals surface area contributed by atoms with E-state index in [1.165, 1.54) is 38.9 Å². The van der Waals surface area contributed by atoms with E-state index >= 15 is 0 Å². The molecule has 0 radical (unpaired) electrons. The number of nitrogen functional groups attached to an aromatic ring is 1. The van der Waals surface area contributed by atoms with E-state index in [1.54, 1.807) is 12.1 Å². The number of hydrogen-bond acceptors (Lipinski definition) is 8. The van der Waals surface area contributed by atoms with Crippen molar-refractivity contribution in [3.63, 3.8) is 0 Å². The minimum atomic E-state index is -0.149. The van der Waals surface area contributed by atoms with E-state index in [9.17, 15) is 14.4 Å². The fraction of sp³-hybridized carbons (Fsp3) is 0.0805. The number of allylic oxidation sites excluding steroid dienone is 1. The largest absolute Gasteiger partial charge is 0.384 e. The molecule has 13 aromatic rings. The number of fused-ring (bicyclic) bond motifs is 8. The first kappa shape index (κ1) is 72.3. The van der Waals surface area contributed by atoms with Gasteiger partial charge in [-0.05, 0) is 88.8 Å². The monoisotopic (exact) mass is 1590 g/mol. The number of aryl methyl sites for hydroxylation is 1. The second kappa shape index (κ2) is 33.5. The molecule has 0 bridgehead atoms. The predicted molar refractivity (Wildman–Crippen MR) is 427 cm³/mol. The van der Waals surface area contributed by atoms with Gasteiger partial charge in [-0.3, -0.25) is 19.8 Å². The van der Waals surface area contributed by atoms with Crippen LogP contribution in [-0.2, 0) is 24.7 Å². The Kier molecular flexibility index (Phi) is 23.9. The summed E-state index contributed by atoms with van der Waals surface area (Å²) < 4.78 is 4.17. The van der Waals surface area contributed by atoms with Gasteiger partial charge in [-0.2, -0.15) is 0 Å². The minimum absolute atomic E-state index is 0. The Morgan fingerprint density at radius 3 is 1.35 bits per heavy atom. The molecule has 11 aromatic carbocycles. The Morgan fingerprint density at radius 2 is 0.832 bits per heavy atom. The SMILES string of the molecule is Brc1ccc(-c2nc(-c3ccccc3)nc3c2Cc2ccccc2-3)cc1.CC1(C)c2ccccc2-c2nc(-c3ccccc3)nc(-c3ccc(Br)cc3)c21.Cl.N=C(N)c1ccccc1.O=C1/C(=C/c2ccc(Br)cc2)Cc2ccccc21.O=C1CCc2ccccc21.O=Cc1ccc(Br)cc1. The average molecular weight is 1600 g/mol. The molecule has 14 heteroatoms. The van der Waals surface area contributed by atoms with Gasteiger partial charge in [0.05, 0.1) is 22.8 Å². The zero-order valence-corrected chi connectivity index (χ0v) is 62.3. The van der Waals surface area contributed by atoms with Gasteiger partial charge in [0.25, 0.3) is 0 Å². The fourth-order valence-corrected chi connectivity index (χ4v) is 13.5. The van der Waals surface area contributed by atoms with Crippen LogP contribution in [-0.4, -0.2) is 43.6 Å². The molecule has 9 nitrogen and oxygen atoms in total. The molecule has 3 N–H and O–H groups in total. The van der Waals surface area contributed by atoms with Crippen molar-refractivity contribution in [1.29, 1.82) is 5.41 Å². The number of aldehydes is 1. The van der Waals surface area contributed by atoms with Gasteiger partial charge in [0.2, 0.25) is 0 Å². The number of carbonyl (C=O) groups excluding carboxylic acids is 3. The predicted octanol–water partition coefficient (Wildman–Crippen LogP) is 22.8. The lowest BCUT2D eigenvalue weighted by Crippen LogP contribution is -2.17. The van der Waals surface area contributed by atoms with Crippen LogP contribution in [0.5, 0.6) is 0 Å². The number of carbonyl (C=O) groups is 3. The molecule has 498 valence electrons. The van der Waals surface area contributed by atoms with Crippen molar-refractivity contribution < 1.29 is 14.4 Å². The molecule has 0 fully saturated rings. The number of aromatic nitrogens is 4. The Balaban J connectivity index is 0.000000129. The lowest BCUT2D eigenvalue weighted by molar-refractivity contribution is 0.0992. The molecule has 101 heavy (non-hydrogen) atoms. The summed E-state index contributed by atoms with van der Waals surface area (Å²) >= 11 is 13.7. The summed E-state index contributed by atoms with van der Waals surface area (Å²) in [5, 5.41) is 7.01. The number of Topliss-reactive ketones (excluding diaryl/α,β-unsaturated/α-hetero) is 2. The van der Waals surface area contributed by atoms with Gasteiger partial charge in [-0.25, -0.2) is 19.9 Å². The summed E-state index contributed by atoms with van der Waals surface area (Å²) in [5.74, 6) is 2.13. The summed E-state index contributed by atoms with van der Waals surface area (Å²) in [6, 6.07) is 94.3. The van der Waals surface area contributed by atoms with Crippen molar-refractivity contribution >= 4 is 106 Å². The molecule has 0 saturated carbocycles. The number of nitrogens with two attached hydrogens (primary N) is 1. The smallest absolute Gasteiger partial charge is 0.189 e. The number of hydrogen-bond donors (Lipinski definition) is 2. The van der Waals surface area contributed by atoms with Gasteiger partial charge < -0.3 is 5.73 Å². The summed E-state index contributed by atoms with van der Waals surface area (Å²) in [6.45, 7) is 4.54. The van der Waals surface area contributed by atoms with Crippen LogP contribution in [0.25, 0.3) is 73.9 Å². The number of nitrogens with zero attached hydrogens (tertiary/aromatic N) is 4. The Labute approximate surface area is 628 Å². The Morgan fingerprint density at radius 1 is 0.416 bits per heavy atom. The van der Waals surface area contributed by atoms with E-state index < -0.39 is 0 Å². The molecule has 2 aromatic heterocycles. The normalized spacial score (nSPS) is 12.9. The zero-order valence-electron chi connectivity index (χ0n) is 55.1. The highest BCUT2D eigenvalue weighted by Gasteiger charge is 2.40. The van der Waals surface area contributed by atoms with Crippen molar-refractivity contribution in [1.82, 2.24) is 19.9 Å². The van der Waals surface area contributed by atoms with E-state index in [1.807, 2.05) is 158 Å². The van der Waals surface area contributed by atoms with Crippen molar-refractivity contribution in [2.24, 2.45) is 5.73 Å². The summed E-state index contributed by atoms with van der Waals surface area (Å²) in [5.41, 5.74) is 28.5. The van der Waals surface area contributed by atoms with Crippen molar-refractivity contribution in [2.45, 2.75) is 44.9 Å². The molecule has 4 aliphatic carbocycles. The van der Waals surface area contributed by atoms with Crippen LogP contribution in [0, 0.1) is 5.41 Å². The van der Waals surface area contributed by atoms with E-state index in [0.717, 1.165) is 134 Å². The molecule has 0 saturated heterocycles. The van der Waals surface area contributed by atoms with Crippen LogP contribution in [0.3, 0.4) is 0 Å².